The largest absolute Gasteiger partial charge is 0.457 e. The second-order valence-corrected chi connectivity index (χ2v) is 4.60. The minimum Gasteiger partial charge on any atom is -0.457 e. The van der Waals surface area contributed by atoms with Gasteiger partial charge < -0.3 is 9.84 Å². The summed E-state index contributed by atoms with van der Waals surface area (Å²) in [7, 11) is 0. The van der Waals surface area contributed by atoms with Crippen LogP contribution in [0.5, 0.6) is 11.5 Å². The fourth-order valence-corrected chi connectivity index (χ4v) is 1.96. The molecular weight excluding hydrogens is 236 g/mol. The number of aryl methyl sites for hydroxylation is 1. The Morgan fingerprint density at radius 1 is 1.00 bits per heavy atom. The molecule has 0 aliphatic rings. The maximum atomic E-state index is 9.74. The summed E-state index contributed by atoms with van der Waals surface area (Å²) in [5, 5.41) is 9.74. The van der Waals surface area contributed by atoms with Crippen molar-refractivity contribution in [3.05, 3.63) is 59.7 Å². The molecule has 0 amide bonds. The zero-order chi connectivity index (χ0) is 13.7. The second-order valence-electron chi connectivity index (χ2n) is 4.60. The molecule has 1 N–H and O–H groups in total. The van der Waals surface area contributed by atoms with Crippen molar-refractivity contribution >= 4 is 0 Å². The molecule has 0 saturated heterocycles. The molecule has 1 atom stereocenters. The van der Waals surface area contributed by atoms with E-state index in [9.17, 15) is 5.11 Å². The summed E-state index contributed by atoms with van der Waals surface area (Å²) in [4.78, 5) is 0. The van der Waals surface area contributed by atoms with Crippen LogP contribution in [0.15, 0.2) is 48.5 Å². The molecule has 0 aromatic heterocycles. The van der Waals surface area contributed by atoms with Gasteiger partial charge in [0.2, 0.25) is 0 Å². The normalized spacial score (nSPS) is 12.2. The maximum absolute atomic E-state index is 9.74. The van der Waals surface area contributed by atoms with Crippen molar-refractivity contribution in [2.45, 2.75) is 32.8 Å². The fraction of sp³-hybridized carbons (Fsp3) is 0.294. The molecule has 2 rings (SSSR count). The summed E-state index contributed by atoms with van der Waals surface area (Å²) in [6, 6.07) is 15.7. The fourth-order valence-electron chi connectivity index (χ4n) is 1.96. The van der Waals surface area contributed by atoms with E-state index in [0.717, 1.165) is 29.9 Å². The lowest BCUT2D eigenvalue weighted by Gasteiger charge is -2.10. The summed E-state index contributed by atoms with van der Waals surface area (Å²) in [5.41, 5.74) is 2.19. The quantitative estimate of drug-likeness (QED) is 0.854. The third-order valence-electron chi connectivity index (χ3n) is 3.19. The van der Waals surface area contributed by atoms with Crippen molar-refractivity contribution in [3.8, 4) is 11.5 Å². The van der Waals surface area contributed by atoms with Crippen LogP contribution >= 0.6 is 0 Å². The molecule has 0 spiro atoms. The van der Waals surface area contributed by atoms with Gasteiger partial charge in [-0.15, -0.1) is 0 Å². The number of benzene rings is 2. The van der Waals surface area contributed by atoms with E-state index in [1.54, 1.807) is 0 Å². The lowest BCUT2D eigenvalue weighted by atomic mass is 10.1. The Kier molecular flexibility index (Phi) is 4.58. The predicted molar refractivity (Wildman–Crippen MR) is 77.6 cm³/mol. The van der Waals surface area contributed by atoms with Crippen LogP contribution in [0.3, 0.4) is 0 Å². The number of rotatable bonds is 5. The number of hydrogen-bond donors (Lipinski definition) is 1. The summed E-state index contributed by atoms with van der Waals surface area (Å²) in [6.07, 6.45) is 1.33. The molecule has 0 bridgehead atoms. The van der Waals surface area contributed by atoms with Gasteiger partial charge in [-0.3, -0.25) is 0 Å². The van der Waals surface area contributed by atoms with Crippen LogP contribution in [0.1, 0.15) is 37.5 Å². The monoisotopic (exact) mass is 256 g/mol. The van der Waals surface area contributed by atoms with Gasteiger partial charge in [0.05, 0.1) is 6.10 Å². The Bertz CT molecular complexity index is 517. The Balaban J connectivity index is 2.10. The van der Waals surface area contributed by atoms with E-state index in [1.807, 2.05) is 43.3 Å². The van der Waals surface area contributed by atoms with Gasteiger partial charge in [-0.1, -0.05) is 38.1 Å². The number of aliphatic hydroxyl groups excluding tert-OH is 1. The first-order valence-electron chi connectivity index (χ1n) is 6.77. The van der Waals surface area contributed by atoms with E-state index >= 15 is 0 Å². The molecule has 0 heterocycles. The van der Waals surface area contributed by atoms with E-state index < -0.39 is 6.10 Å². The highest BCUT2D eigenvalue weighted by Gasteiger charge is 2.05. The summed E-state index contributed by atoms with van der Waals surface area (Å²) >= 11 is 0. The number of aliphatic hydroxyl groups is 1. The van der Waals surface area contributed by atoms with Gasteiger partial charge in [-0.2, -0.15) is 0 Å². The standard InChI is InChI=1S/C17H20O2/c1-3-13-6-5-7-16(12-13)19-15-10-8-14(9-11-15)17(18)4-2/h5-12,17-18H,3-4H2,1-2H3. The van der Waals surface area contributed by atoms with E-state index in [2.05, 4.69) is 19.1 Å². The molecule has 0 aliphatic carbocycles. The van der Waals surface area contributed by atoms with E-state index in [0.29, 0.717) is 0 Å². The first-order valence-corrected chi connectivity index (χ1v) is 6.77. The van der Waals surface area contributed by atoms with Gasteiger partial charge in [0, 0.05) is 0 Å². The molecule has 1 unspecified atom stereocenters. The van der Waals surface area contributed by atoms with Gasteiger partial charge in [0.25, 0.3) is 0 Å². The van der Waals surface area contributed by atoms with Gasteiger partial charge in [0.1, 0.15) is 11.5 Å². The van der Waals surface area contributed by atoms with Crippen LogP contribution in [0.4, 0.5) is 0 Å². The van der Waals surface area contributed by atoms with Crippen molar-refractivity contribution in [1.82, 2.24) is 0 Å². The molecule has 0 radical (unpaired) electrons. The smallest absolute Gasteiger partial charge is 0.127 e. The Hall–Kier alpha value is -1.80. The third kappa shape index (κ3) is 3.58. The van der Waals surface area contributed by atoms with Crippen molar-refractivity contribution in [2.24, 2.45) is 0 Å². The zero-order valence-corrected chi connectivity index (χ0v) is 11.5. The molecule has 19 heavy (non-hydrogen) atoms. The number of hydrogen-bond acceptors (Lipinski definition) is 2. The van der Waals surface area contributed by atoms with Gasteiger partial charge in [-0.25, -0.2) is 0 Å². The minimum atomic E-state index is -0.391. The summed E-state index contributed by atoms with van der Waals surface area (Å²) < 4.78 is 5.81. The van der Waals surface area contributed by atoms with Gasteiger partial charge in [0.15, 0.2) is 0 Å². The number of ether oxygens (including phenoxy) is 1. The van der Waals surface area contributed by atoms with Crippen molar-refractivity contribution < 1.29 is 9.84 Å². The van der Waals surface area contributed by atoms with Crippen molar-refractivity contribution in [1.29, 1.82) is 0 Å². The first kappa shape index (κ1) is 13.6. The van der Waals surface area contributed by atoms with E-state index in [1.165, 1.54) is 5.56 Å². The Labute approximate surface area is 114 Å². The molecular formula is C17H20O2. The van der Waals surface area contributed by atoms with E-state index in [4.69, 9.17) is 4.74 Å². The summed E-state index contributed by atoms with van der Waals surface area (Å²) in [5.74, 6) is 1.64. The van der Waals surface area contributed by atoms with Crippen LogP contribution in [-0.4, -0.2) is 5.11 Å². The summed E-state index contributed by atoms with van der Waals surface area (Å²) in [6.45, 7) is 4.09. The molecule has 0 aliphatic heterocycles. The minimum absolute atomic E-state index is 0.391. The molecule has 2 nitrogen and oxygen atoms in total. The van der Waals surface area contributed by atoms with E-state index in [-0.39, 0.29) is 0 Å². The predicted octanol–water partition coefficient (Wildman–Crippen LogP) is 4.48. The SMILES string of the molecule is CCc1cccc(Oc2ccc(C(O)CC)cc2)c1. The highest BCUT2D eigenvalue weighted by atomic mass is 16.5. The Morgan fingerprint density at radius 2 is 1.74 bits per heavy atom. The molecule has 2 heteroatoms. The van der Waals surface area contributed by atoms with Crippen LogP contribution in [0.2, 0.25) is 0 Å². The van der Waals surface area contributed by atoms with Crippen LogP contribution in [0, 0.1) is 0 Å². The molecule has 0 saturated carbocycles. The lowest BCUT2D eigenvalue weighted by molar-refractivity contribution is 0.173. The second kappa shape index (κ2) is 6.39. The van der Waals surface area contributed by atoms with Crippen molar-refractivity contribution in [2.75, 3.05) is 0 Å². The topological polar surface area (TPSA) is 29.5 Å². The zero-order valence-electron chi connectivity index (χ0n) is 11.5. The van der Waals surface area contributed by atoms with Gasteiger partial charge in [-0.05, 0) is 48.2 Å². The molecule has 0 fully saturated rings. The third-order valence-corrected chi connectivity index (χ3v) is 3.19. The van der Waals surface area contributed by atoms with Crippen LogP contribution in [-0.2, 0) is 6.42 Å². The average Bonchev–Trinajstić information content (AvgIpc) is 2.47. The molecule has 2 aromatic rings. The van der Waals surface area contributed by atoms with Crippen molar-refractivity contribution in [3.63, 3.8) is 0 Å². The highest BCUT2D eigenvalue weighted by molar-refractivity contribution is 5.35. The Morgan fingerprint density at radius 3 is 2.37 bits per heavy atom. The lowest BCUT2D eigenvalue weighted by Crippen LogP contribution is -1.94. The maximum Gasteiger partial charge on any atom is 0.127 e. The molecule has 2 aromatic carbocycles. The van der Waals surface area contributed by atoms with Crippen LogP contribution < -0.4 is 4.74 Å². The molecule has 100 valence electrons. The average molecular weight is 256 g/mol. The van der Waals surface area contributed by atoms with Gasteiger partial charge >= 0.3 is 0 Å². The highest BCUT2D eigenvalue weighted by Crippen LogP contribution is 2.25. The first-order chi connectivity index (χ1) is 9.22. The van der Waals surface area contributed by atoms with Crippen LogP contribution in [0.25, 0.3) is 0 Å².